The van der Waals surface area contributed by atoms with Crippen molar-refractivity contribution in [1.82, 2.24) is 24.9 Å². The van der Waals surface area contributed by atoms with E-state index in [4.69, 9.17) is 37.9 Å². The van der Waals surface area contributed by atoms with Crippen LogP contribution in [0.4, 0.5) is 4.79 Å². The molecule has 0 saturated carbocycles. The number of likely N-dealkylation sites (N-methyl/N-ethyl adjacent to an activating group) is 3. The molecule has 4 aliphatic rings. The minimum absolute atomic E-state index is 0.0605. The van der Waals surface area contributed by atoms with Gasteiger partial charge in [-0.1, -0.05) is 27.7 Å². The van der Waals surface area contributed by atoms with E-state index in [0.717, 1.165) is 6.54 Å². The fraction of sp³-hybridized carbons (Fsp3) is 0.925. The number of hydrogen-bond acceptors (Lipinski definition) is 17. The van der Waals surface area contributed by atoms with Gasteiger partial charge in [-0.05, 0) is 117 Å². The number of ether oxygens (including phenoxy) is 8. The highest BCUT2D eigenvalue weighted by atomic mass is 16.7. The second-order valence-corrected chi connectivity index (χ2v) is 23.0. The Kier molecular flexibility index (Phi) is 21.6. The summed E-state index contributed by atoms with van der Waals surface area (Å²) in [5.41, 5.74) is -5.61. The number of aliphatic hydroxyl groups is 2. The molecule has 4 rings (SSSR count). The monoisotopic (exact) mass is 1030 g/mol. The Balaban J connectivity index is 1.87. The van der Waals surface area contributed by atoms with E-state index in [-0.39, 0.29) is 50.3 Å². The average molecular weight is 1030 g/mol. The van der Waals surface area contributed by atoms with Crippen LogP contribution in [0.2, 0.25) is 0 Å². The first-order chi connectivity index (χ1) is 33.4. The summed E-state index contributed by atoms with van der Waals surface area (Å²) in [6.07, 6.45) is -7.54. The molecular weight excluding hydrogens is 931 g/mol. The number of carbonyl (C=O) groups excluding carboxylic acids is 4. The molecule has 0 spiro atoms. The average Bonchev–Trinajstić information content (AvgIpc) is 3.55. The van der Waals surface area contributed by atoms with Gasteiger partial charge >= 0.3 is 12.1 Å². The van der Waals surface area contributed by atoms with Gasteiger partial charge in [-0.15, -0.1) is 0 Å². The Morgan fingerprint density at radius 3 is 2.06 bits per heavy atom. The van der Waals surface area contributed by atoms with Crippen LogP contribution in [0.3, 0.4) is 0 Å². The van der Waals surface area contributed by atoms with Crippen molar-refractivity contribution in [1.29, 1.82) is 0 Å². The van der Waals surface area contributed by atoms with Crippen molar-refractivity contribution in [2.45, 2.75) is 225 Å². The van der Waals surface area contributed by atoms with Crippen LogP contribution >= 0.6 is 0 Å². The number of carbonyl (C=O) groups is 4. The molecule has 0 radical (unpaired) electrons. The van der Waals surface area contributed by atoms with Gasteiger partial charge in [0, 0.05) is 82.7 Å². The lowest BCUT2D eigenvalue weighted by atomic mass is 9.73. The van der Waals surface area contributed by atoms with Crippen LogP contribution < -0.4 is 5.32 Å². The highest BCUT2D eigenvalue weighted by molar-refractivity contribution is 5.87. The number of amides is 2. The number of nitrogens with one attached hydrogen (secondary N) is 1. The highest BCUT2D eigenvalue weighted by Crippen LogP contribution is 2.46. The zero-order chi connectivity index (χ0) is 54.6. The maximum Gasteiger partial charge on any atom is 0.411 e. The largest absolute Gasteiger partial charge is 0.458 e. The molecule has 4 aliphatic heterocycles. The predicted octanol–water partition coefficient (Wildman–Crippen LogP) is 4.46. The van der Waals surface area contributed by atoms with E-state index in [0.29, 0.717) is 31.6 Å². The van der Waals surface area contributed by atoms with Crippen molar-refractivity contribution in [2.24, 2.45) is 23.7 Å². The molecule has 72 heavy (non-hydrogen) atoms. The van der Waals surface area contributed by atoms with E-state index in [9.17, 15) is 19.8 Å². The topological polar surface area (TPSA) is 208 Å². The highest BCUT2D eigenvalue weighted by Gasteiger charge is 2.62. The maximum atomic E-state index is 15.1. The molecule has 0 unspecified atom stereocenters. The van der Waals surface area contributed by atoms with Crippen LogP contribution in [0.25, 0.3) is 0 Å². The number of methoxy groups -OCH3 is 2. The zero-order valence-corrected chi connectivity index (χ0v) is 47.7. The molecule has 3 N–H and O–H groups in total. The van der Waals surface area contributed by atoms with Crippen molar-refractivity contribution in [3.8, 4) is 0 Å². The quantitative estimate of drug-likeness (QED) is 0.162. The Hall–Kier alpha value is -2.56. The smallest absolute Gasteiger partial charge is 0.411 e. The van der Waals surface area contributed by atoms with Gasteiger partial charge in [0.25, 0.3) is 0 Å². The summed E-state index contributed by atoms with van der Waals surface area (Å²) in [4.78, 5) is 64.8. The van der Waals surface area contributed by atoms with Gasteiger partial charge in [0.05, 0.1) is 42.0 Å². The summed E-state index contributed by atoms with van der Waals surface area (Å²) in [6.45, 7) is 30.0. The number of hydrogen-bond donors (Lipinski definition) is 3. The predicted molar refractivity (Wildman–Crippen MR) is 272 cm³/mol. The summed E-state index contributed by atoms with van der Waals surface area (Å²) >= 11 is 0. The number of fused-ring (bicyclic) bond motifs is 1. The molecule has 0 aromatic carbocycles. The molecule has 0 bridgehead atoms. The lowest BCUT2D eigenvalue weighted by Gasteiger charge is -2.54. The lowest BCUT2D eigenvalue weighted by molar-refractivity contribution is -0.339. The summed E-state index contributed by atoms with van der Waals surface area (Å²) in [5, 5.41) is 27.4. The van der Waals surface area contributed by atoms with Crippen molar-refractivity contribution in [3.05, 3.63) is 0 Å². The Labute approximate surface area is 431 Å². The fourth-order valence-electron chi connectivity index (χ4n) is 12.4. The third kappa shape index (κ3) is 13.2. The molecule has 19 heteroatoms. The Bertz CT molecular complexity index is 1800. The standard InChI is InChI=1S/C53H97N5O14/c1-21-39-52(15)45(58(49(63)72-52)28-40(59)54-22-2)34(9)42(60)32(7)26-50(13,65-19)46(71-48-43(61)38(55(16)17)25-33(8)67-48)35(10)44(36(11)47(62)69-39)70-41-27-51(14,66-20)53(64,37(12)68-41)29-56(18)23-24-57(30(3)4)31(5)6/h30-39,41,43-46,48,61,64H,21-29H2,1-20H3,(H,54,59)/t32-,33-,34+,35+,36-,37+,38+,39-,41+,43-,44+,45-,46-,48+,50+,51-,52-,53-/m1/s1. The molecule has 4 saturated heterocycles. The second kappa shape index (κ2) is 25.1. The summed E-state index contributed by atoms with van der Waals surface area (Å²) in [6, 6.07) is -0.660. The van der Waals surface area contributed by atoms with E-state index >= 15 is 9.59 Å². The molecule has 18 atom stereocenters. The van der Waals surface area contributed by atoms with E-state index in [1.165, 1.54) is 12.0 Å². The molecule has 0 aromatic rings. The van der Waals surface area contributed by atoms with Gasteiger partial charge < -0.3 is 63.2 Å². The third-order valence-corrected chi connectivity index (χ3v) is 16.9. The summed E-state index contributed by atoms with van der Waals surface area (Å²) in [7, 11) is 8.84. The molecule has 4 heterocycles. The first-order valence-corrected chi connectivity index (χ1v) is 26.6. The van der Waals surface area contributed by atoms with Crippen molar-refractivity contribution < 1.29 is 67.3 Å². The third-order valence-electron chi connectivity index (χ3n) is 16.9. The minimum atomic E-state index is -1.57. The molecule has 4 fully saturated rings. The number of aliphatic hydroxyl groups excluding tert-OH is 1. The van der Waals surface area contributed by atoms with E-state index in [2.05, 4.69) is 42.8 Å². The minimum Gasteiger partial charge on any atom is -0.458 e. The molecular formula is C53H97N5O14. The lowest BCUT2D eigenvalue weighted by Crippen LogP contribution is -2.70. The molecule has 19 nitrogen and oxygen atoms in total. The van der Waals surface area contributed by atoms with E-state index < -0.39 is 113 Å². The number of nitrogens with zero attached hydrogens (tertiary/aromatic N) is 4. The number of ketones is 1. The fourth-order valence-corrected chi connectivity index (χ4v) is 12.4. The van der Waals surface area contributed by atoms with Gasteiger partial charge in [-0.2, -0.15) is 0 Å². The zero-order valence-electron chi connectivity index (χ0n) is 47.7. The number of rotatable bonds is 18. The van der Waals surface area contributed by atoms with Crippen LogP contribution in [-0.2, 0) is 52.3 Å². The SMILES string of the molecule is CCNC(=O)CN1C(=O)O[C@]2(C)[C@@H](CC)OC(=O)[C@H](C)[C@@H](O[C@H]3C[C@@](C)(OC)[C@@](O)(CN(C)CCN(C(C)C)C(C)C)[C@H](C)O3)[C@H](C)[C@@H](O[C@@H]3O[C@H](C)C[C@H](N(C)C)[C@H]3O)[C@@](C)(OC)C[C@@H](C)C(=O)[C@H](C)[C@@H]12. The summed E-state index contributed by atoms with van der Waals surface area (Å²) in [5.74, 6) is -4.86. The first-order valence-electron chi connectivity index (χ1n) is 26.6. The summed E-state index contributed by atoms with van der Waals surface area (Å²) < 4.78 is 52.6. The molecule has 2 amide bonds. The van der Waals surface area contributed by atoms with Crippen LogP contribution in [0.5, 0.6) is 0 Å². The normalized spacial score (nSPS) is 40.7. The van der Waals surface area contributed by atoms with Gasteiger partial charge in [-0.3, -0.25) is 24.2 Å². The van der Waals surface area contributed by atoms with Gasteiger partial charge in [0.15, 0.2) is 18.2 Å². The van der Waals surface area contributed by atoms with Crippen molar-refractivity contribution in [2.75, 3.05) is 68.1 Å². The Morgan fingerprint density at radius 1 is 0.889 bits per heavy atom. The Morgan fingerprint density at radius 2 is 1.51 bits per heavy atom. The number of esters is 1. The number of Topliss-reactive ketones (excluding diaryl/α,β-unsaturated/α-hetero) is 1. The van der Waals surface area contributed by atoms with Crippen molar-refractivity contribution in [3.63, 3.8) is 0 Å². The molecule has 418 valence electrons. The van der Waals surface area contributed by atoms with Gasteiger partial charge in [0.1, 0.15) is 35.7 Å². The van der Waals surface area contributed by atoms with E-state index in [1.807, 2.05) is 53.7 Å². The number of cyclic esters (lactones) is 1. The molecule has 0 aliphatic carbocycles. The van der Waals surface area contributed by atoms with Crippen LogP contribution in [0.1, 0.15) is 130 Å². The second-order valence-electron chi connectivity index (χ2n) is 23.0. The van der Waals surface area contributed by atoms with Crippen LogP contribution in [0, 0.1) is 23.7 Å². The van der Waals surface area contributed by atoms with Crippen LogP contribution in [-0.4, -0.2) is 217 Å². The van der Waals surface area contributed by atoms with Crippen molar-refractivity contribution >= 4 is 23.8 Å². The van der Waals surface area contributed by atoms with Crippen LogP contribution in [0.15, 0.2) is 0 Å². The van der Waals surface area contributed by atoms with Gasteiger partial charge in [0.2, 0.25) is 5.91 Å². The van der Waals surface area contributed by atoms with E-state index in [1.54, 1.807) is 55.6 Å². The molecule has 0 aromatic heterocycles. The first kappa shape index (κ1) is 62.0. The van der Waals surface area contributed by atoms with Gasteiger partial charge in [-0.25, -0.2) is 4.79 Å². The maximum absolute atomic E-state index is 15.1.